The largest absolute Gasteiger partial charge is 0.394 e. The minimum atomic E-state index is -4.50. The molecule has 8 aliphatic rings. The van der Waals surface area contributed by atoms with Gasteiger partial charge in [-0.3, -0.25) is 57.5 Å². The van der Waals surface area contributed by atoms with Crippen LogP contribution >= 0.6 is 0 Å². The molecule has 0 aromatic rings. The number of hydrogen-bond donors (Lipinski definition) is 3. The first-order valence-corrected chi connectivity index (χ1v) is 38.7. The van der Waals surface area contributed by atoms with E-state index in [1.807, 2.05) is 19.9 Å². The summed E-state index contributed by atoms with van der Waals surface area (Å²) in [5, 5.41) is 8.92. The molecule has 2 bridgehead atoms. The van der Waals surface area contributed by atoms with E-state index in [2.05, 4.69) is 22.9 Å². The molecule has 12 amide bonds. The highest BCUT2D eigenvalue weighted by atomic mass is 19.4. The Labute approximate surface area is 613 Å². The van der Waals surface area contributed by atoms with Gasteiger partial charge in [0.2, 0.25) is 70.9 Å². The summed E-state index contributed by atoms with van der Waals surface area (Å²) in [5.41, 5.74) is -1.53. The monoisotopic (exact) mass is 1470 g/mol. The van der Waals surface area contributed by atoms with Crippen molar-refractivity contribution in [1.29, 1.82) is 0 Å². The summed E-state index contributed by atoms with van der Waals surface area (Å²) in [7, 11) is 11.5. The Morgan fingerprint density at radius 2 is 1.27 bits per heavy atom. The van der Waals surface area contributed by atoms with Crippen molar-refractivity contribution < 1.29 is 75.4 Å². The third kappa shape index (κ3) is 19.8. The average Bonchev–Trinajstić information content (AvgIpc) is 1.14. The van der Waals surface area contributed by atoms with Gasteiger partial charge in [0.15, 0.2) is 0 Å². The minimum absolute atomic E-state index is 0.0105. The van der Waals surface area contributed by atoms with Gasteiger partial charge in [0.1, 0.15) is 53.9 Å². The predicted molar refractivity (Wildman–Crippen MR) is 383 cm³/mol. The number of alkyl halides is 3. The van der Waals surface area contributed by atoms with Crippen LogP contribution in [0.15, 0.2) is 12.2 Å². The molecule has 5 saturated carbocycles. The molecule has 7 fully saturated rings. The Morgan fingerprint density at radius 1 is 0.644 bits per heavy atom. The molecule has 5 aliphatic carbocycles. The lowest BCUT2D eigenvalue weighted by atomic mass is 9.74. The number of amides is 12. The zero-order valence-corrected chi connectivity index (χ0v) is 64.1. The summed E-state index contributed by atoms with van der Waals surface area (Å²) >= 11 is 0. The lowest BCUT2D eigenvalue weighted by Gasteiger charge is -2.47. The molecule has 1 spiro atoms. The number of methoxy groups -OCH3 is 1. The van der Waals surface area contributed by atoms with Crippen molar-refractivity contribution in [2.45, 2.75) is 261 Å². The van der Waals surface area contributed by atoms with E-state index in [9.17, 15) is 37.1 Å². The van der Waals surface area contributed by atoms with Gasteiger partial charge in [-0.15, -0.1) is 0 Å². The molecule has 2 saturated heterocycles. The molecule has 3 aliphatic heterocycles. The second-order valence-corrected chi connectivity index (χ2v) is 32.4. The Kier molecular flexibility index (Phi) is 28.8. The summed E-state index contributed by atoms with van der Waals surface area (Å²) in [6.07, 6.45) is 7.51. The summed E-state index contributed by atoms with van der Waals surface area (Å²) in [4.78, 5) is 194. The first-order chi connectivity index (χ1) is 49.1. The standard InChI is InChI=1S/C76H121F3N12O13/c1-14-48(5)64-72(101)85(8)45-63(94)86(9)55-24-17-16-20-37-90(71(55)100)59(40-49-27-25-46(3)26-28-49)70(99)84(7)44-61(92)80-54(34-32-51-31-33-53(76(77,78)79)60(41-51)104-13)68(97)91-43-47(4)38-57(91)67(96)82-75(35-21-36-75)74(103)89(12)65(52-22-18-19-23-52)73(102)88(11)58(69(98)83(6)15-2)42-62(93)87(10)56(66(95)81-64)39-50-29-30-50/h16-17,46-60,64-65H,14-15,18-45H2,1-13H3,(H,80,92)(H,81,95)(H,82,96)/b17-16-/t46?,47-,48+,49?,51?,53?,54+,55+,56+,57+,58+,59+,60?,64+,65+/m1/s1. The number of rotatable bonds is 13. The van der Waals surface area contributed by atoms with E-state index in [1.165, 1.54) is 93.5 Å². The van der Waals surface area contributed by atoms with Gasteiger partial charge in [-0.05, 0) is 145 Å². The molecule has 0 aromatic heterocycles. The van der Waals surface area contributed by atoms with E-state index < -0.39 is 168 Å². The van der Waals surface area contributed by atoms with Gasteiger partial charge in [0.05, 0.1) is 31.5 Å². The third-order valence-electron chi connectivity index (χ3n) is 24.9. The van der Waals surface area contributed by atoms with Gasteiger partial charge in [-0.25, -0.2) is 0 Å². The number of carbonyl (C=O) groups is 12. The maximum Gasteiger partial charge on any atom is 0.394 e. The van der Waals surface area contributed by atoms with Crippen LogP contribution in [0, 0.1) is 47.3 Å². The van der Waals surface area contributed by atoms with Crippen LogP contribution in [0.2, 0.25) is 0 Å². The molecule has 584 valence electrons. The maximum absolute atomic E-state index is 15.6. The van der Waals surface area contributed by atoms with Crippen molar-refractivity contribution in [3.8, 4) is 0 Å². The fourth-order valence-corrected chi connectivity index (χ4v) is 17.3. The van der Waals surface area contributed by atoms with Crippen molar-refractivity contribution >= 4 is 70.9 Å². The van der Waals surface area contributed by atoms with E-state index >= 15 is 33.6 Å². The van der Waals surface area contributed by atoms with Gasteiger partial charge in [-0.2, -0.15) is 13.2 Å². The molecule has 3 heterocycles. The van der Waals surface area contributed by atoms with Crippen LogP contribution < -0.4 is 16.0 Å². The molecule has 0 aromatic carbocycles. The fourth-order valence-electron chi connectivity index (χ4n) is 17.3. The SMILES string of the molecule is CC[C@H](C)[C@@H]1NC(=O)[C@H](CC2CC2)N(C)C(=O)C[C@@H](C(=O)N(C)CC)N(C)C(=O)[C@H](C2CCCC2)N(C)C(=O)C2(CCC2)NC(=O)[C@@H]2C[C@@H](C)CN2C(=O)[C@H](CCC2CCC(C(F)(F)F)C(OC)C2)NC(=O)CN(C)C(=O)[C@H](CC2CCC(C)CC2)N2CC/C=C\C[C@@H](C2=O)N(C)C(=O)CN(C)C1=O. The average molecular weight is 1470 g/mol. The minimum Gasteiger partial charge on any atom is -0.381 e. The molecule has 25 nitrogen and oxygen atoms in total. The summed E-state index contributed by atoms with van der Waals surface area (Å²) in [6, 6.07) is -9.69. The Balaban J connectivity index is 1.18. The first kappa shape index (κ1) is 82.8. The van der Waals surface area contributed by atoms with E-state index in [-0.39, 0.29) is 120 Å². The van der Waals surface area contributed by atoms with Crippen molar-refractivity contribution in [3.05, 3.63) is 12.2 Å². The normalized spacial score (nSPS) is 32.5. The van der Waals surface area contributed by atoms with Crippen LogP contribution in [-0.2, 0) is 62.3 Å². The Morgan fingerprint density at radius 3 is 1.87 bits per heavy atom. The fraction of sp³-hybridized carbons (Fsp3) is 0.816. The highest BCUT2D eigenvalue weighted by Gasteiger charge is 2.54. The van der Waals surface area contributed by atoms with Crippen molar-refractivity contribution in [2.24, 2.45) is 47.3 Å². The highest BCUT2D eigenvalue weighted by molar-refractivity contribution is 6.01. The lowest BCUT2D eigenvalue weighted by Crippen LogP contribution is -2.68. The van der Waals surface area contributed by atoms with E-state index in [1.54, 1.807) is 27.0 Å². The molecule has 8 rings (SSSR count). The van der Waals surface area contributed by atoms with Gasteiger partial charge < -0.3 is 64.8 Å². The molecule has 0 radical (unpaired) electrons. The highest BCUT2D eigenvalue weighted by Crippen LogP contribution is 2.44. The number of likely N-dealkylation sites (N-methyl/N-ethyl adjacent to an activating group) is 7. The number of ether oxygens (including phenoxy) is 1. The lowest BCUT2D eigenvalue weighted by molar-refractivity contribution is -0.215. The van der Waals surface area contributed by atoms with Crippen molar-refractivity contribution in [1.82, 2.24) is 60.0 Å². The van der Waals surface area contributed by atoms with Crippen LogP contribution in [0.25, 0.3) is 0 Å². The molecule has 13 atom stereocenters. The third-order valence-corrected chi connectivity index (χ3v) is 24.9. The van der Waals surface area contributed by atoms with Crippen LogP contribution in [-0.4, -0.2) is 270 Å². The van der Waals surface area contributed by atoms with Crippen molar-refractivity contribution in [2.75, 3.05) is 89.2 Å². The number of nitrogens with zero attached hydrogens (tertiary/aromatic N) is 9. The smallest absolute Gasteiger partial charge is 0.381 e. The Bertz CT molecular complexity index is 3120. The number of hydrogen-bond acceptors (Lipinski definition) is 13. The zero-order chi connectivity index (χ0) is 76.4. The second-order valence-electron chi connectivity index (χ2n) is 32.4. The number of halogens is 3. The van der Waals surface area contributed by atoms with Crippen LogP contribution in [0.4, 0.5) is 13.2 Å². The van der Waals surface area contributed by atoms with Gasteiger partial charge in [0.25, 0.3) is 0 Å². The number of nitrogens with one attached hydrogen (secondary N) is 3. The molecule has 104 heavy (non-hydrogen) atoms. The Hall–Kier alpha value is -6.87. The second kappa shape index (κ2) is 36.1. The predicted octanol–water partition coefficient (Wildman–Crippen LogP) is 5.91. The van der Waals surface area contributed by atoms with Crippen LogP contribution in [0.3, 0.4) is 0 Å². The zero-order valence-electron chi connectivity index (χ0n) is 64.1. The quantitative estimate of drug-likeness (QED) is 0.181. The van der Waals surface area contributed by atoms with Gasteiger partial charge in [-0.1, -0.05) is 97.6 Å². The van der Waals surface area contributed by atoms with E-state index in [0.29, 0.717) is 38.0 Å². The van der Waals surface area contributed by atoms with Gasteiger partial charge >= 0.3 is 6.18 Å². The maximum atomic E-state index is 15.6. The molecule has 28 heteroatoms. The van der Waals surface area contributed by atoms with E-state index in [0.717, 1.165) is 51.4 Å². The first-order valence-electron chi connectivity index (χ1n) is 38.7. The molecular weight excluding hydrogens is 1350 g/mol. The molecule has 3 N–H and O–H groups in total. The topological polar surface area (TPSA) is 279 Å². The summed E-state index contributed by atoms with van der Waals surface area (Å²) < 4.78 is 48.2. The van der Waals surface area contributed by atoms with Crippen molar-refractivity contribution in [3.63, 3.8) is 0 Å². The van der Waals surface area contributed by atoms with Crippen LogP contribution in [0.1, 0.15) is 195 Å². The summed E-state index contributed by atoms with van der Waals surface area (Å²) in [5.74, 6) is -10.0. The van der Waals surface area contributed by atoms with Crippen LogP contribution in [0.5, 0.6) is 0 Å². The molecular formula is C76H121F3N12O13. The summed E-state index contributed by atoms with van der Waals surface area (Å²) in [6.45, 7) is 8.66. The van der Waals surface area contributed by atoms with Gasteiger partial charge in [0, 0.05) is 76.1 Å². The molecule has 3 unspecified atom stereocenters. The number of carbonyl (C=O) groups excluding carboxylic acids is 12. The van der Waals surface area contributed by atoms with E-state index in [4.69, 9.17) is 4.74 Å². The number of fused-ring (bicyclic) bond motifs is 3.